The van der Waals surface area contributed by atoms with Crippen LogP contribution in [-0.2, 0) is 54.9 Å². The molecule has 0 bridgehead atoms. The lowest BCUT2D eigenvalue weighted by atomic mass is 9.93. The van der Waals surface area contributed by atoms with E-state index in [0.717, 1.165) is 51.6 Å². The molecule has 13 rings (SSSR count). The van der Waals surface area contributed by atoms with Crippen LogP contribution in [0.3, 0.4) is 0 Å². The van der Waals surface area contributed by atoms with Crippen LogP contribution in [0.5, 0.6) is 0 Å². The van der Waals surface area contributed by atoms with E-state index >= 15 is 0 Å². The molecule has 0 spiro atoms. The van der Waals surface area contributed by atoms with Crippen molar-refractivity contribution >= 4 is 126 Å². The Morgan fingerprint density at radius 1 is 0.515 bits per heavy atom. The average molecular weight is 1920 g/mol. The third-order valence-corrected chi connectivity index (χ3v) is 22.7. The third-order valence-electron chi connectivity index (χ3n) is 21.8. The number of methoxy groups -OCH3 is 3. The molecule has 0 aliphatic heterocycles. The molecule has 0 saturated heterocycles. The van der Waals surface area contributed by atoms with Crippen molar-refractivity contribution in [2.45, 2.75) is 114 Å². The zero-order chi connectivity index (χ0) is 98.0. The number of rotatable bonds is 27. The monoisotopic (exact) mass is 1920 g/mol. The summed E-state index contributed by atoms with van der Waals surface area (Å²) < 4.78 is 210. The summed E-state index contributed by atoms with van der Waals surface area (Å²) in [6.45, 7) is 3.85. The number of ether oxygens (including phenoxy) is 3. The minimum absolute atomic E-state index is 0.123. The first-order chi connectivity index (χ1) is 63.4. The Labute approximate surface area is 769 Å². The van der Waals surface area contributed by atoms with E-state index in [0.29, 0.717) is 118 Å². The third kappa shape index (κ3) is 22.6. The number of benzene rings is 8. The van der Waals surface area contributed by atoms with Crippen LogP contribution in [-0.4, -0.2) is 145 Å². The quantitative estimate of drug-likeness (QED) is 0.0158. The highest BCUT2D eigenvalue weighted by Crippen LogP contribution is 2.46. The highest BCUT2D eigenvalue weighted by atomic mass is 35.5. The fraction of sp³-hybridized carbons (Fsp3) is 0.255. The summed E-state index contributed by atoms with van der Waals surface area (Å²) in [5.74, 6) is -14.9. The van der Waals surface area contributed by atoms with Gasteiger partial charge >= 0.3 is 30.3 Å². The van der Waals surface area contributed by atoms with Crippen molar-refractivity contribution in [3.8, 4) is 45.5 Å². The van der Waals surface area contributed by atoms with Crippen LogP contribution in [0.15, 0.2) is 169 Å². The summed E-state index contributed by atoms with van der Waals surface area (Å²) in [5, 5.41) is 34.1. The zero-order valence-electron chi connectivity index (χ0n) is 71.9. The van der Waals surface area contributed by atoms with Crippen LogP contribution in [0.25, 0.3) is 66.1 Å². The van der Waals surface area contributed by atoms with E-state index in [1.165, 1.54) is 35.9 Å². The minimum Gasteiger partial charge on any atom is -0.467 e. The molecule has 698 valence electrons. The first-order valence-electron chi connectivity index (χ1n) is 40.3. The van der Waals surface area contributed by atoms with Gasteiger partial charge in [-0.3, -0.25) is 34.1 Å². The number of pyridine rings is 4. The molecule has 4 heterocycles. The van der Waals surface area contributed by atoms with Crippen LogP contribution in [0.1, 0.15) is 97.6 Å². The average Bonchev–Trinajstić information content (AvgIpc) is 1.31. The highest BCUT2D eigenvalue weighted by molar-refractivity contribution is 6.40. The number of amides is 3. The maximum atomic E-state index is 15.0. The highest BCUT2D eigenvalue weighted by Gasteiger charge is 2.51. The Bertz CT molecular complexity index is 6660. The van der Waals surface area contributed by atoms with Gasteiger partial charge in [-0.25, -0.2) is 49.5 Å². The number of nitrogens with one attached hydrogen (secondary N) is 6. The Balaban J connectivity index is 0.000000194. The van der Waals surface area contributed by atoms with Crippen LogP contribution >= 0.6 is 34.8 Å². The van der Waals surface area contributed by atoms with E-state index < -0.39 is 160 Å². The van der Waals surface area contributed by atoms with Crippen molar-refractivity contribution in [2.75, 3.05) is 56.3 Å². The molecule has 4 aromatic heterocycles. The van der Waals surface area contributed by atoms with E-state index in [4.69, 9.17) is 54.3 Å². The number of esters is 3. The SMILES string of the molecule is CC[C@@H](Nc1cc(F)c(C(=O)N[C@@H](Cc2ccc(-c3c(C)c(N(C)C)cn(C)c3=O)c3ncccc23)C(=O)OC)c(F)c1)C(F)(F)F.COC(=O)[C@H](Cc1ccc(-c2c(Cl)cc(C#N)cc2Cl)c2ncccc12)NC(=O)c1c(F)cc(N[C@H](C)C(F)(F)F)cc1F.COC(=O)[C@H](Cc1ccc(-c2ccc(C#N)cc2Cl)c2ncccc12)NC(=O)c1c(F)cc(NC2(C(F)F)CC2)cc1F. The molecular weight excluding hydrogens is 1840 g/mol. The molecule has 5 atom stereocenters. The lowest BCUT2D eigenvalue weighted by Gasteiger charge is -2.22. The summed E-state index contributed by atoms with van der Waals surface area (Å²) >= 11 is 19.3. The Kier molecular flexibility index (Phi) is 31.6. The molecule has 0 unspecified atom stereocenters. The number of halogens is 17. The molecule has 40 heteroatoms. The summed E-state index contributed by atoms with van der Waals surface area (Å²) in [4.78, 5) is 106. The van der Waals surface area contributed by atoms with Gasteiger partial charge in [0.05, 0.1) is 88.0 Å². The molecule has 1 aliphatic rings. The molecule has 23 nitrogen and oxygen atoms in total. The number of aryl methyl sites for hydroxylation is 1. The first kappa shape index (κ1) is 100. The number of carbonyl (C=O) groups excluding carboxylic acids is 6. The number of anilines is 4. The molecule has 3 amide bonds. The van der Waals surface area contributed by atoms with Gasteiger partial charge in [0.2, 0.25) is 0 Å². The number of alkyl halides is 8. The van der Waals surface area contributed by atoms with Crippen molar-refractivity contribution in [1.29, 1.82) is 10.5 Å². The molecule has 1 saturated carbocycles. The summed E-state index contributed by atoms with van der Waals surface area (Å²) in [6.07, 6.45) is -6.37. The van der Waals surface area contributed by atoms with Crippen molar-refractivity contribution in [3.05, 3.63) is 275 Å². The van der Waals surface area contributed by atoms with E-state index in [2.05, 4.69) is 36.2 Å². The van der Waals surface area contributed by atoms with Gasteiger partial charge in [0.1, 0.15) is 81.8 Å². The molecule has 1 fully saturated rings. The zero-order valence-corrected chi connectivity index (χ0v) is 74.2. The summed E-state index contributed by atoms with van der Waals surface area (Å²) in [5.41, 5.74) is 2.08. The Morgan fingerprint density at radius 2 is 0.881 bits per heavy atom. The van der Waals surface area contributed by atoms with Gasteiger partial charge in [0, 0.05) is 131 Å². The number of aromatic nitrogens is 4. The number of hydrogen-bond donors (Lipinski definition) is 6. The van der Waals surface area contributed by atoms with E-state index in [-0.39, 0.29) is 59.0 Å². The predicted octanol–water partition coefficient (Wildman–Crippen LogP) is 19.2. The van der Waals surface area contributed by atoms with Crippen LogP contribution in [0.4, 0.5) is 84.2 Å². The topological polar surface area (TPSA) is 314 Å². The van der Waals surface area contributed by atoms with Crippen molar-refractivity contribution in [1.82, 2.24) is 35.5 Å². The van der Waals surface area contributed by atoms with Crippen LogP contribution < -0.4 is 42.4 Å². The molecule has 8 aromatic carbocycles. The van der Waals surface area contributed by atoms with Crippen LogP contribution in [0, 0.1) is 64.5 Å². The van der Waals surface area contributed by atoms with E-state index in [1.807, 2.05) is 48.7 Å². The maximum absolute atomic E-state index is 15.0. The molecule has 134 heavy (non-hydrogen) atoms. The Morgan fingerprint density at radius 3 is 1.23 bits per heavy atom. The fourth-order valence-corrected chi connectivity index (χ4v) is 15.8. The smallest absolute Gasteiger partial charge is 0.408 e. The van der Waals surface area contributed by atoms with Gasteiger partial charge < -0.3 is 55.6 Å². The standard InChI is InChI=1S/C33H34F5N5O4.C31H23ClF4N4O3.C30H21Cl2F5N4O3/c1-7-26(33(36,37)38)40-19-14-22(34)28(23(35)15-19)30(44)41-24(32(46)47-6)13-18-10-11-21(29-20(18)9-8-12-39-29)27-17(2)25(42(3)4)16-43(5)31(27)45;1-43-29(42)25(39-28(41)26-23(33)13-18(14-24(26)34)40-31(8-9-31)30(35)36)12-17-5-7-21(27-19(17)3-2-10-38-27)20-6-4-16(15-37)11-22(20)32;1-14(30(35,36)37)40-17-11-22(33)26(23(34)12-17)28(42)41-24(29(43)44-2)10-16-5-6-19(27-18(16)4-3-7-39-27)25-20(31)8-15(13-38)9-21(25)32/h8-12,14-16,24,26,40H,7,13H2,1-6H3,(H,41,44);2-7,10-11,13-14,25,30,40H,8-9,12H2,1H3,(H,39,41);3-9,11-12,14,24,40H,10H2,1-2H3,(H,41,42)/t24-,26+;25-;14-,24+/m001/s1. The molecule has 1 aliphatic carbocycles. The second-order valence-electron chi connectivity index (χ2n) is 30.9. The fourth-order valence-electron chi connectivity index (χ4n) is 14.9. The van der Waals surface area contributed by atoms with Gasteiger partial charge in [0.25, 0.3) is 29.7 Å². The second-order valence-corrected chi connectivity index (χ2v) is 32.1. The number of hydrogen-bond acceptors (Lipinski definition) is 19. The van der Waals surface area contributed by atoms with Crippen LogP contribution in [0.2, 0.25) is 15.1 Å². The van der Waals surface area contributed by atoms with Crippen molar-refractivity contribution in [2.24, 2.45) is 7.05 Å². The molecular formula is C94H78Cl3F14N13O10. The summed E-state index contributed by atoms with van der Waals surface area (Å²) in [7, 11) is 8.60. The maximum Gasteiger partial charge on any atom is 0.408 e. The Hall–Kier alpha value is -14.2. The van der Waals surface area contributed by atoms with Gasteiger partial charge in [-0.05, 0) is 134 Å². The predicted molar refractivity (Wildman–Crippen MR) is 475 cm³/mol. The number of carbonyl (C=O) groups is 6. The van der Waals surface area contributed by atoms with Crippen molar-refractivity contribution in [3.63, 3.8) is 0 Å². The number of nitrogens with zero attached hydrogens (tertiary/aromatic N) is 7. The van der Waals surface area contributed by atoms with Gasteiger partial charge in [-0.15, -0.1) is 0 Å². The molecule has 12 aromatic rings. The molecule has 6 N–H and O–H groups in total. The van der Waals surface area contributed by atoms with Crippen molar-refractivity contribution < 1.29 is 104 Å². The number of fused-ring (bicyclic) bond motifs is 3. The lowest BCUT2D eigenvalue weighted by molar-refractivity contribution is -0.143. The minimum atomic E-state index is -4.69. The normalized spacial score (nSPS) is 13.2. The lowest BCUT2D eigenvalue weighted by Crippen LogP contribution is -2.43. The second kappa shape index (κ2) is 42.2. The molecule has 0 radical (unpaired) electrons. The van der Waals surface area contributed by atoms with Gasteiger partial charge in [0.15, 0.2) is 0 Å². The number of nitriles is 2. The van der Waals surface area contributed by atoms with E-state index in [1.54, 1.807) is 111 Å². The largest absolute Gasteiger partial charge is 0.467 e. The summed E-state index contributed by atoms with van der Waals surface area (Å²) in [6, 6.07) is 27.3. The first-order valence-corrected chi connectivity index (χ1v) is 41.5. The van der Waals surface area contributed by atoms with E-state index in [9.17, 15) is 100 Å². The van der Waals surface area contributed by atoms with Gasteiger partial charge in [-0.1, -0.05) is 102 Å². The van der Waals surface area contributed by atoms with Gasteiger partial charge in [-0.2, -0.15) is 36.9 Å².